The summed E-state index contributed by atoms with van der Waals surface area (Å²) in [6.45, 7) is 7.52. The number of imidazole rings is 1. The summed E-state index contributed by atoms with van der Waals surface area (Å²) < 4.78 is 2.18. The van der Waals surface area contributed by atoms with Crippen LogP contribution in [0.25, 0.3) is 0 Å². The first-order chi connectivity index (χ1) is 9.05. The number of hydrazine groups is 1. The second-order valence-corrected chi connectivity index (χ2v) is 5.26. The summed E-state index contributed by atoms with van der Waals surface area (Å²) in [6.07, 6.45) is 6.84. The zero-order valence-corrected chi connectivity index (χ0v) is 13.0. The van der Waals surface area contributed by atoms with Gasteiger partial charge in [0.2, 0.25) is 0 Å². The summed E-state index contributed by atoms with van der Waals surface area (Å²) >= 11 is 0. The zero-order valence-electron chi connectivity index (χ0n) is 13.0. The average molecular weight is 267 g/mol. The van der Waals surface area contributed by atoms with E-state index in [9.17, 15) is 0 Å². The first-order valence-electron chi connectivity index (χ1n) is 7.19. The Balaban J connectivity index is 2.99. The normalized spacial score (nSPS) is 14.1. The number of aromatic nitrogens is 2. The predicted octanol–water partition coefficient (Wildman–Crippen LogP) is 1.40. The third-order valence-corrected chi connectivity index (χ3v) is 4.49. The molecular weight excluding hydrogens is 238 g/mol. The first kappa shape index (κ1) is 16.1. The lowest BCUT2D eigenvalue weighted by molar-refractivity contribution is 0.0869. The summed E-state index contributed by atoms with van der Waals surface area (Å²) in [4.78, 5) is 6.75. The number of nitrogens with one attached hydrogen (secondary N) is 1. The standard InChI is InChI=1S/C14H29N5/c1-6-14(7-2,18(4)5)12(17-15)11-13-16-9-10-19(13)8-3/h9-10,12,17H,6-8,11,15H2,1-5H3. The quantitative estimate of drug-likeness (QED) is 0.552. The average Bonchev–Trinajstić information content (AvgIpc) is 2.86. The predicted molar refractivity (Wildman–Crippen MR) is 79.7 cm³/mol. The highest BCUT2D eigenvalue weighted by Crippen LogP contribution is 2.27. The molecule has 0 aliphatic rings. The molecule has 0 aliphatic carbocycles. The topological polar surface area (TPSA) is 59.1 Å². The number of rotatable bonds is 8. The van der Waals surface area contributed by atoms with Crippen molar-refractivity contribution in [2.24, 2.45) is 5.84 Å². The summed E-state index contributed by atoms with van der Waals surface area (Å²) in [5.41, 5.74) is 3.08. The third kappa shape index (κ3) is 3.16. The van der Waals surface area contributed by atoms with E-state index < -0.39 is 0 Å². The molecule has 0 aromatic carbocycles. The van der Waals surface area contributed by atoms with Gasteiger partial charge in [0.1, 0.15) is 5.82 Å². The van der Waals surface area contributed by atoms with Crippen LogP contribution in [0.1, 0.15) is 39.4 Å². The molecule has 3 N–H and O–H groups in total. The zero-order chi connectivity index (χ0) is 14.5. The van der Waals surface area contributed by atoms with E-state index >= 15 is 0 Å². The molecule has 1 aromatic rings. The van der Waals surface area contributed by atoms with Crippen LogP contribution in [0.3, 0.4) is 0 Å². The number of nitrogens with two attached hydrogens (primary N) is 1. The second-order valence-electron chi connectivity index (χ2n) is 5.26. The van der Waals surface area contributed by atoms with Crippen molar-refractivity contribution in [3.05, 3.63) is 18.2 Å². The fourth-order valence-electron chi connectivity index (χ4n) is 3.09. The summed E-state index contributed by atoms with van der Waals surface area (Å²) in [5, 5.41) is 0. The van der Waals surface area contributed by atoms with Crippen LogP contribution in [0.5, 0.6) is 0 Å². The van der Waals surface area contributed by atoms with Crippen LogP contribution in [0, 0.1) is 0 Å². The maximum absolute atomic E-state index is 5.84. The van der Waals surface area contributed by atoms with Crippen LogP contribution >= 0.6 is 0 Å². The molecular formula is C14H29N5. The number of hydrogen-bond acceptors (Lipinski definition) is 4. The van der Waals surface area contributed by atoms with Crippen LogP contribution in [0.15, 0.2) is 12.4 Å². The monoisotopic (exact) mass is 267 g/mol. The van der Waals surface area contributed by atoms with E-state index in [1.807, 2.05) is 12.4 Å². The molecule has 110 valence electrons. The van der Waals surface area contributed by atoms with Gasteiger partial charge in [0, 0.05) is 36.9 Å². The Labute approximate surface area is 117 Å². The molecule has 1 aromatic heterocycles. The number of hydrogen-bond donors (Lipinski definition) is 2. The van der Waals surface area contributed by atoms with E-state index in [1.165, 1.54) is 0 Å². The maximum Gasteiger partial charge on any atom is 0.110 e. The fraction of sp³-hybridized carbons (Fsp3) is 0.786. The van der Waals surface area contributed by atoms with E-state index in [1.54, 1.807) is 0 Å². The Hall–Kier alpha value is -0.910. The van der Waals surface area contributed by atoms with Gasteiger partial charge in [-0.1, -0.05) is 13.8 Å². The Morgan fingerprint density at radius 1 is 1.37 bits per heavy atom. The smallest absolute Gasteiger partial charge is 0.110 e. The van der Waals surface area contributed by atoms with Gasteiger partial charge in [0.25, 0.3) is 0 Å². The molecule has 1 atom stereocenters. The highest BCUT2D eigenvalue weighted by Gasteiger charge is 2.37. The van der Waals surface area contributed by atoms with Crippen LogP contribution < -0.4 is 11.3 Å². The number of aryl methyl sites for hydroxylation is 1. The molecule has 19 heavy (non-hydrogen) atoms. The van der Waals surface area contributed by atoms with Crippen molar-refractivity contribution < 1.29 is 0 Å². The molecule has 1 rings (SSSR count). The minimum Gasteiger partial charge on any atom is -0.335 e. The van der Waals surface area contributed by atoms with Crippen LogP contribution in [-0.2, 0) is 13.0 Å². The van der Waals surface area contributed by atoms with Crippen molar-refractivity contribution in [1.29, 1.82) is 0 Å². The van der Waals surface area contributed by atoms with Gasteiger partial charge in [0.15, 0.2) is 0 Å². The van der Waals surface area contributed by atoms with Gasteiger partial charge in [0.05, 0.1) is 0 Å². The van der Waals surface area contributed by atoms with E-state index in [0.29, 0.717) is 0 Å². The van der Waals surface area contributed by atoms with Gasteiger partial charge in [-0.2, -0.15) is 0 Å². The molecule has 0 fully saturated rings. The molecule has 0 spiro atoms. The van der Waals surface area contributed by atoms with Crippen LogP contribution in [0.2, 0.25) is 0 Å². The Morgan fingerprint density at radius 2 is 2.00 bits per heavy atom. The highest BCUT2D eigenvalue weighted by atomic mass is 15.3. The van der Waals surface area contributed by atoms with Crippen molar-refractivity contribution >= 4 is 0 Å². The lowest BCUT2D eigenvalue weighted by Crippen LogP contribution is -2.61. The SMILES string of the molecule is CCn1ccnc1CC(NN)C(CC)(CC)N(C)C. The second kappa shape index (κ2) is 7.03. The van der Waals surface area contributed by atoms with Gasteiger partial charge in [-0.25, -0.2) is 4.98 Å². The molecule has 0 saturated carbocycles. The summed E-state index contributed by atoms with van der Waals surface area (Å²) in [6, 6.07) is 0.185. The third-order valence-electron chi connectivity index (χ3n) is 4.49. The van der Waals surface area contributed by atoms with Gasteiger partial charge in [-0.15, -0.1) is 0 Å². The Morgan fingerprint density at radius 3 is 2.42 bits per heavy atom. The summed E-state index contributed by atoms with van der Waals surface area (Å²) in [5.74, 6) is 6.94. The highest BCUT2D eigenvalue weighted by molar-refractivity contribution is 5.04. The van der Waals surface area contributed by atoms with Gasteiger partial charge < -0.3 is 9.47 Å². The molecule has 0 radical (unpaired) electrons. The minimum absolute atomic E-state index is 0.0548. The van der Waals surface area contributed by atoms with Gasteiger partial charge >= 0.3 is 0 Å². The molecule has 0 aliphatic heterocycles. The molecule has 1 unspecified atom stereocenters. The largest absolute Gasteiger partial charge is 0.335 e. The van der Waals surface area contributed by atoms with Crippen LogP contribution in [0.4, 0.5) is 0 Å². The lowest BCUT2D eigenvalue weighted by Gasteiger charge is -2.44. The fourth-order valence-corrected chi connectivity index (χ4v) is 3.09. The van der Waals surface area contributed by atoms with Crippen molar-refractivity contribution in [2.45, 2.75) is 58.2 Å². The lowest BCUT2D eigenvalue weighted by atomic mass is 9.81. The molecule has 5 nitrogen and oxygen atoms in total. The minimum atomic E-state index is 0.0548. The Kier molecular flexibility index (Phi) is 5.97. The van der Waals surface area contributed by atoms with Crippen molar-refractivity contribution in [3.8, 4) is 0 Å². The van der Waals surface area contributed by atoms with E-state index in [-0.39, 0.29) is 11.6 Å². The molecule has 1 heterocycles. The van der Waals surface area contributed by atoms with E-state index in [4.69, 9.17) is 5.84 Å². The molecule has 0 saturated heterocycles. The number of nitrogens with zero attached hydrogens (tertiary/aromatic N) is 3. The first-order valence-corrected chi connectivity index (χ1v) is 7.19. The van der Waals surface area contributed by atoms with Gasteiger partial charge in [-0.3, -0.25) is 11.3 Å². The van der Waals surface area contributed by atoms with Crippen LogP contribution in [-0.4, -0.2) is 40.1 Å². The van der Waals surface area contributed by atoms with Crippen molar-refractivity contribution in [3.63, 3.8) is 0 Å². The number of likely N-dealkylation sites (N-methyl/N-ethyl adjacent to an activating group) is 1. The van der Waals surface area contributed by atoms with Crippen molar-refractivity contribution in [2.75, 3.05) is 14.1 Å². The Bertz CT molecular complexity index is 368. The molecule has 0 amide bonds. The maximum atomic E-state index is 5.84. The van der Waals surface area contributed by atoms with Crippen molar-refractivity contribution in [1.82, 2.24) is 19.9 Å². The van der Waals surface area contributed by atoms with E-state index in [2.05, 4.69) is 54.7 Å². The van der Waals surface area contributed by atoms with E-state index in [0.717, 1.165) is 31.6 Å². The molecule has 0 bridgehead atoms. The van der Waals surface area contributed by atoms with Gasteiger partial charge in [-0.05, 0) is 33.9 Å². The molecule has 5 heteroatoms. The summed E-state index contributed by atoms with van der Waals surface area (Å²) in [7, 11) is 4.26.